The van der Waals surface area contributed by atoms with E-state index in [9.17, 15) is 4.79 Å². The van der Waals surface area contributed by atoms with Crippen molar-refractivity contribution < 1.29 is 4.79 Å². The van der Waals surface area contributed by atoms with Gasteiger partial charge in [0.15, 0.2) is 0 Å². The van der Waals surface area contributed by atoms with Gasteiger partial charge in [-0.05, 0) is 13.0 Å². The molecule has 1 aliphatic heterocycles. The van der Waals surface area contributed by atoms with Crippen molar-refractivity contribution in [3.05, 3.63) is 0 Å². The van der Waals surface area contributed by atoms with Crippen LogP contribution >= 0.6 is 0 Å². The Hall–Kier alpha value is -0.610. The molecule has 17 heavy (non-hydrogen) atoms. The number of nitrogens with one attached hydrogen (secondary N) is 1. The molecule has 0 radical (unpaired) electrons. The molecule has 4 nitrogen and oxygen atoms in total. The van der Waals surface area contributed by atoms with Gasteiger partial charge in [-0.2, -0.15) is 0 Å². The molecule has 100 valence electrons. The first-order chi connectivity index (χ1) is 8.04. The average molecular weight is 241 g/mol. The van der Waals surface area contributed by atoms with Crippen molar-refractivity contribution in [2.24, 2.45) is 11.8 Å². The van der Waals surface area contributed by atoms with Gasteiger partial charge in [-0.25, -0.2) is 0 Å². The Morgan fingerprint density at radius 3 is 2.24 bits per heavy atom. The van der Waals surface area contributed by atoms with E-state index < -0.39 is 0 Å². The summed E-state index contributed by atoms with van der Waals surface area (Å²) in [6, 6.07) is 0. The SMILES string of the molecule is CNCC(C)C(=O)N1CCN(CC(C)C)CC1. The van der Waals surface area contributed by atoms with E-state index in [1.165, 1.54) is 0 Å². The van der Waals surface area contributed by atoms with Crippen molar-refractivity contribution in [1.82, 2.24) is 15.1 Å². The van der Waals surface area contributed by atoms with Crippen LogP contribution in [0.15, 0.2) is 0 Å². The fraction of sp³-hybridized carbons (Fsp3) is 0.923. The number of nitrogens with zero attached hydrogens (tertiary/aromatic N) is 2. The van der Waals surface area contributed by atoms with Crippen molar-refractivity contribution in [3.8, 4) is 0 Å². The zero-order valence-corrected chi connectivity index (χ0v) is 11.7. The van der Waals surface area contributed by atoms with E-state index in [0.717, 1.165) is 39.3 Å². The van der Waals surface area contributed by atoms with Crippen LogP contribution in [0.4, 0.5) is 0 Å². The third-order valence-electron chi connectivity index (χ3n) is 3.24. The first-order valence-electron chi connectivity index (χ1n) is 6.70. The largest absolute Gasteiger partial charge is 0.340 e. The van der Waals surface area contributed by atoms with E-state index in [2.05, 4.69) is 24.1 Å². The summed E-state index contributed by atoms with van der Waals surface area (Å²) in [5.41, 5.74) is 0. The molecule has 1 N–H and O–H groups in total. The molecule has 0 aliphatic carbocycles. The van der Waals surface area contributed by atoms with E-state index in [1.54, 1.807) is 0 Å². The van der Waals surface area contributed by atoms with E-state index in [0.29, 0.717) is 11.8 Å². The molecule has 1 atom stereocenters. The predicted molar refractivity (Wildman–Crippen MR) is 70.9 cm³/mol. The topological polar surface area (TPSA) is 35.6 Å². The Morgan fingerprint density at radius 1 is 1.18 bits per heavy atom. The van der Waals surface area contributed by atoms with E-state index >= 15 is 0 Å². The molecule has 1 rings (SSSR count). The zero-order chi connectivity index (χ0) is 12.8. The van der Waals surface area contributed by atoms with Crippen LogP contribution in [0.1, 0.15) is 20.8 Å². The van der Waals surface area contributed by atoms with Crippen molar-refractivity contribution in [2.45, 2.75) is 20.8 Å². The number of piperazine rings is 1. The molecule has 0 saturated carbocycles. The summed E-state index contributed by atoms with van der Waals surface area (Å²) in [7, 11) is 1.89. The van der Waals surface area contributed by atoms with Crippen LogP contribution in [-0.2, 0) is 4.79 Å². The van der Waals surface area contributed by atoms with Gasteiger partial charge in [0.2, 0.25) is 5.91 Å². The van der Waals surface area contributed by atoms with Gasteiger partial charge in [-0.3, -0.25) is 9.69 Å². The van der Waals surface area contributed by atoms with Gasteiger partial charge in [-0.15, -0.1) is 0 Å². The average Bonchev–Trinajstić information content (AvgIpc) is 2.28. The summed E-state index contributed by atoms with van der Waals surface area (Å²) >= 11 is 0. The molecule has 4 heteroatoms. The minimum absolute atomic E-state index is 0.0941. The van der Waals surface area contributed by atoms with Crippen molar-refractivity contribution >= 4 is 5.91 Å². The first kappa shape index (κ1) is 14.5. The number of hydrogen-bond donors (Lipinski definition) is 1. The van der Waals surface area contributed by atoms with E-state index in [4.69, 9.17) is 0 Å². The van der Waals surface area contributed by atoms with Crippen LogP contribution in [-0.4, -0.2) is 62.0 Å². The number of carbonyl (C=O) groups excluding carboxylic acids is 1. The molecule has 1 amide bonds. The quantitative estimate of drug-likeness (QED) is 0.767. The van der Waals surface area contributed by atoms with Crippen molar-refractivity contribution in [2.75, 3.05) is 46.3 Å². The van der Waals surface area contributed by atoms with Gasteiger partial charge < -0.3 is 10.2 Å². The Labute approximate surface area is 105 Å². The monoisotopic (exact) mass is 241 g/mol. The van der Waals surface area contributed by atoms with Crippen LogP contribution in [0.25, 0.3) is 0 Å². The lowest BCUT2D eigenvalue weighted by atomic mass is 10.1. The van der Waals surface area contributed by atoms with E-state index in [1.807, 2.05) is 18.9 Å². The molecule has 0 aromatic carbocycles. The summed E-state index contributed by atoms with van der Waals surface area (Å²) in [5, 5.41) is 3.06. The summed E-state index contributed by atoms with van der Waals surface area (Å²) in [4.78, 5) is 16.6. The molecule has 0 spiro atoms. The maximum Gasteiger partial charge on any atom is 0.226 e. The molecule has 0 aromatic rings. The molecule has 1 saturated heterocycles. The van der Waals surface area contributed by atoms with Crippen LogP contribution in [0.3, 0.4) is 0 Å². The van der Waals surface area contributed by atoms with Gasteiger partial charge in [0, 0.05) is 45.2 Å². The van der Waals surface area contributed by atoms with Gasteiger partial charge in [0.05, 0.1) is 0 Å². The highest BCUT2D eigenvalue weighted by Crippen LogP contribution is 2.08. The van der Waals surface area contributed by atoms with Crippen molar-refractivity contribution in [1.29, 1.82) is 0 Å². The summed E-state index contributed by atoms with van der Waals surface area (Å²) < 4.78 is 0. The Balaban J connectivity index is 2.33. The van der Waals surface area contributed by atoms with Gasteiger partial charge >= 0.3 is 0 Å². The van der Waals surface area contributed by atoms with Crippen LogP contribution in [0.5, 0.6) is 0 Å². The van der Waals surface area contributed by atoms with Crippen molar-refractivity contribution in [3.63, 3.8) is 0 Å². The highest BCUT2D eigenvalue weighted by atomic mass is 16.2. The first-order valence-corrected chi connectivity index (χ1v) is 6.70. The maximum absolute atomic E-state index is 12.1. The second-order valence-electron chi connectivity index (χ2n) is 5.48. The maximum atomic E-state index is 12.1. The molecule has 0 aromatic heterocycles. The van der Waals surface area contributed by atoms with Crippen LogP contribution < -0.4 is 5.32 Å². The highest BCUT2D eigenvalue weighted by molar-refractivity contribution is 5.78. The predicted octanol–water partition coefficient (Wildman–Crippen LogP) is 0.642. The number of carbonyl (C=O) groups is 1. The minimum Gasteiger partial charge on any atom is -0.340 e. The second-order valence-corrected chi connectivity index (χ2v) is 5.48. The summed E-state index contributed by atoms with van der Waals surface area (Å²) in [6.07, 6.45) is 0. The standard InChI is InChI=1S/C13H27N3O/c1-11(2)10-15-5-7-16(8-6-15)13(17)12(3)9-14-4/h11-12,14H,5-10H2,1-4H3. The molecular weight excluding hydrogens is 214 g/mol. The number of amides is 1. The number of hydrogen-bond acceptors (Lipinski definition) is 3. The summed E-state index contributed by atoms with van der Waals surface area (Å²) in [6.45, 7) is 12.2. The Kier molecular flexibility index (Phi) is 5.92. The molecule has 1 unspecified atom stereocenters. The molecule has 1 fully saturated rings. The van der Waals surface area contributed by atoms with Crippen LogP contribution in [0, 0.1) is 11.8 Å². The smallest absolute Gasteiger partial charge is 0.226 e. The third kappa shape index (κ3) is 4.64. The third-order valence-corrected chi connectivity index (χ3v) is 3.24. The molecular formula is C13H27N3O. The lowest BCUT2D eigenvalue weighted by molar-refractivity contribution is -0.136. The van der Waals surface area contributed by atoms with Gasteiger partial charge in [-0.1, -0.05) is 20.8 Å². The van der Waals surface area contributed by atoms with Gasteiger partial charge in [0.25, 0.3) is 0 Å². The fourth-order valence-corrected chi connectivity index (χ4v) is 2.37. The highest BCUT2D eigenvalue weighted by Gasteiger charge is 2.24. The zero-order valence-electron chi connectivity index (χ0n) is 11.7. The lowest BCUT2D eigenvalue weighted by Gasteiger charge is -2.36. The lowest BCUT2D eigenvalue weighted by Crippen LogP contribution is -2.51. The normalized spacial score (nSPS) is 19.7. The Bertz CT molecular complexity index is 235. The molecule has 1 heterocycles. The van der Waals surface area contributed by atoms with Gasteiger partial charge in [0.1, 0.15) is 0 Å². The molecule has 0 bridgehead atoms. The summed E-state index contributed by atoms with van der Waals surface area (Å²) in [5.74, 6) is 1.10. The number of rotatable bonds is 5. The minimum atomic E-state index is 0.0941. The second kappa shape index (κ2) is 6.97. The van der Waals surface area contributed by atoms with Crippen LogP contribution in [0.2, 0.25) is 0 Å². The fourth-order valence-electron chi connectivity index (χ4n) is 2.37. The Morgan fingerprint density at radius 2 is 1.76 bits per heavy atom. The molecule has 1 aliphatic rings. The van der Waals surface area contributed by atoms with E-state index in [-0.39, 0.29) is 5.92 Å².